The van der Waals surface area contributed by atoms with Gasteiger partial charge in [-0.25, -0.2) is 0 Å². The third-order valence-corrected chi connectivity index (χ3v) is 5.74. The summed E-state index contributed by atoms with van der Waals surface area (Å²) in [5.41, 5.74) is 5.08. The predicted octanol–water partition coefficient (Wildman–Crippen LogP) is 5.36. The second-order valence-electron chi connectivity index (χ2n) is 7.68. The molecule has 0 saturated carbocycles. The van der Waals surface area contributed by atoms with Crippen molar-refractivity contribution < 1.29 is 14.1 Å². The molecule has 156 valence electrons. The van der Waals surface area contributed by atoms with E-state index in [-0.39, 0.29) is 5.91 Å². The molecule has 1 aliphatic rings. The third-order valence-electron chi connectivity index (χ3n) is 5.49. The summed E-state index contributed by atoms with van der Waals surface area (Å²) in [6, 6.07) is 13.6. The zero-order chi connectivity index (χ0) is 21.1. The van der Waals surface area contributed by atoms with Crippen molar-refractivity contribution >= 4 is 17.5 Å². The Kier molecular flexibility index (Phi) is 6.09. The highest BCUT2D eigenvalue weighted by Gasteiger charge is 2.27. The van der Waals surface area contributed by atoms with E-state index in [1.54, 1.807) is 0 Å². The van der Waals surface area contributed by atoms with Crippen LogP contribution in [0.2, 0.25) is 5.02 Å². The molecule has 3 aromatic rings. The summed E-state index contributed by atoms with van der Waals surface area (Å²) in [4.78, 5) is 14.7. The fraction of sp³-hybridized carbons (Fsp3) is 0.333. The van der Waals surface area contributed by atoms with E-state index >= 15 is 0 Å². The van der Waals surface area contributed by atoms with Crippen molar-refractivity contribution in [1.82, 2.24) is 10.1 Å². The lowest BCUT2D eigenvalue weighted by molar-refractivity contribution is -0.132. The van der Waals surface area contributed by atoms with Gasteiger partial charge < -0.3 is 14.2 Å². The summed E-state index contributed by atoms with van der Waals surface area (Å²) < 4.78 is 11.5. The number of hydrogen-bond donors (Lipinski definition) is 0. The minimum atomic E-state index is 0.133. The van der Waals surface area contributed by atoms with Crippen molar-refractivity contribution in [2.75, 3.05) is 13.2 Å². The van der Waals surface area contributed by atoms with Crippen LogP contribution in [0.1, 0.15) is 35.2 Å². The summed E-state index contributed by atoms with van der Waals surface area (Å²) in [6.07, 6.45) is 1.85. The van der Waals surface area contributed by atoms with Crippen LogP contribution in [0.4, 0.5) is 0 Å². The van der Waals surface area contributed by atoms with Crippen molar-refractivity contribution in [1.29, 1.82) is 0 Å². The molecule has 1 amide bonds. The first kappa shape index (κ1) is 20.5. The number of ether oxygens (including phenoxy) is 1. The number of benzene rings is 2. The molecule has 0 bridgehead atoms. The second kappa shape index (κ2) is 8.92. The molecule has 0 fully saturated rings. The smallest absolute Gasteiger partial charge is 0.223 e. The van der Waals surface area contributed by atoms with E-state index in [1.165, 1.54) is 0 Å². The first-order valence-electron chi connectivity index (χ1n) is 10.2. The summed E-state index contributed by atoms with van der Waals surface area (Å²) in [5, 5.41) is 4.88. The highest BCUT2D eigenvalue weighted by Crippen LogP contribution is 2.31. The molecule has 0 atom stereocenters. The number of para-hydroxylation sites is 1. The van der Waals surface area contributed by atoms with Gasteiger partial charge in [-0.05, 0) is 55.7 Å². The minimum absolute atomic E-state index is 0.133. The normalized spacial score (nSPS) is 13.2. The Balaban J connectivity index is 1.35. The largest absolute Gasteiger partial charge is 0.493 e. The van der Waals surface area contributed by atoms with Crippen molar-refractivity contribution in [3.63, 3.8) is 0 Å². The molecule has 0 aliphatic carbocycles. The topological polar surface area (TPSA) is 55.6 Å². The maximum atomic E-state index is 12.8. The van der Waals surface area contributed by atoms with Crippen molar-refractivity contribution in [3.8, 4) is 17.1 Å². The predicted molar refractivity (Wildman–Crippen MR) is 117 cm³/mol. The van der Waals surface area contributed by atoms with Gasteiger partial charge in [0.25, 0.3) is 0 Å². The summed E-state index contributed by atoms with van der Waals surface area (Å²) >= 11 is 5.99. The molecule has 0 radical (unpaired) electrons. The average molecular weight is 425 g/mol. The van der Waals surface area contributed by atoms with Crippen LogP contribution < -0.4 is 4.74 Å². The van der Waals surface area contributed by atoms with Gasteiger partial charge in [0.1, 0.15) is 5.75 Å². The van der Waals surface area contributed by atoms with Crippen LogP contribution >= 0.6 is 11.6 Å². The maximum Gasteiger partial charge on any atom is 0.223 e. The lowest BCUT2D eigenvalue weighted by Crippen LogP contribution is -2.36. The SMILES string of the molecule is Cc1cccc(C)c1OCCCC(=O)N1CCc2noc(-c3ccc(Cl)cc3)c2C1. The zero-order valence-electron chi connectivity index (χ0n) is 17.3. The molecule has 0 unspecified atom stereocenters. The number of hydrogen-bond acceptors (Lipinski definition) is 4. The van der Waals surface area contributed by atoms with Crippen LogP contribution in [-0.4, -0.2) is 29.1 Å². The van der Waals surface area contributed by atoms with Gasteiger partial charge in [0.05, 0.1) is 18.8 Å². The fourth-order valence-electron chi connectivity index (χ4n) is 3.84. The summed E-state index contributed by atoms with van der Waals surface area (Å²) in [7, 11) is 0. The number of aryl methyl sites for hydroxylation is 2. The Morgan fingerprint density at radius 1 is 1.17 bits per heavy atom. The van der Waals surface area contributed by atoms with Gasteiger partial charge in [-0.2, -0.15) is 0 Å². The Hall–Kier alpha value is -2.79. The van der Waals surface area contributed by atoms with E-state index in [9.17, 15) is 4.79 Å². The van der Waals surface area contributed by atoms with Gasteiger partial charge >= 0.3 is 0 Å². The van der Waals surface area contributed by atoms with E-state index in [0.717, 1.165) is 39.5 Å². The molecule has 2 heterocycles. The Labute approximate surface area is 181 Å². The third kappa shape index (κ3) is 4.36. The van der Waals surface area contributed by atoms with E-state index in [4.69, 9.17) is 20.9 Å². The van der Waals surface area contributed by atoms with Gasteiger partial charge in [-0.15, -0.1) is 0 Å². The molecule has 0 spiro atoms. The van der Waals surface area contributed by atoms with Crippen molar-refractivity contribution in [2.45, 2.75) is 39.7 Å². The molecular formula is C24H25ClN2O3. The maximum absolute atomic E-state index is 12.8. The first-order chi connectivity index (χ1) is 14.5. The van der Waals surface area contributed by atoms with E-state index in [2.05, 4.69) is 5.16 Å². The molecule has 2 aromatic carbocycles. The number of fused-ring (bicyclic) bond motifs is 1. The van der Waals surface area contributed by atoms with E-state index in [0.29, 0.717) is 44.0 Å². The molecular weight excluding hydrogens is 400 g/mol. The molecule has 6 heteroatoms. The second-order valence-corrected chi connectivity index (χ2v) is 8.12. The number of halogens is 1. The van der Waals surface area contributed by atoms with E-state index < -0.39 is 0 Å². The first-order valence-corrected chi connectivity index (χ1v) is 10.6. The summed E-state index contributed by atoms with van der Waals surface area (Å²) in [5.74, 6) is 1.77. The number of rotatable bonds is 6. The molecule has 5 nitrogen and oxygen atoms in total. The fourth-order valence-corrected chi connectivity index (χ4v) is 3.96. The lowest BCUT2D eigenvalue weighted by Gasteiger charge is -2.26. The Bertz CT molecular complexity index is 1020. The lowest BCUT2D eigenvalue weighted by atomic mass is 10.0. The number of amides is 1. The Morgan fingerprint density at radius 3 is 2.63 bits per heavy atom. The van der Waals surface area contributed by atoms with Crippen molar-refractivity contribution in [2.24, 2.45) is 0 Å². The van der Waals surface area contributed by atoms with Crippen LogP contribution in [0.3, 0.4) is 0 Å². The van der Waals surface area contributed by atoms with Crippen LogP contribution in [0.15, 0.2) is 47.0 Å². The number of nitrogens with zero attached hydrogens (tertiary/aromatic N) is 2. The molecule has 0 N–H and O–H groups in total. The number of aromatic nitrogens is 1. The quantitative estimate of drug-likeness (QED) is 0.500. The van der Waals surface area contributed by atoms with Crippen LogP contribution in [0.5, 0.6) is 5.75 Å². The average Bonchev–Trinajstić information content (AvgIpc) is 3.16. The molecule has 30 heavy (non-hydrogen) atoms. The zero-order valence-corrected chi connectivity index (χ0v) is 18.0. The van der Waals surface area contributed by atoms with Crippen LogP contribution in [0.25, 0.3) is 11.3 Å². The number of carbonyl (C=O) groups is 1. The molecule has 4 rings (SSSR count). The molecule has 1 aromatic heterocycles. The van der Waals surface area contributed by atoms with Gasteiger partial charge in [-0.1, -0.05) is 35.0 Å². The number of carbonyl (C=O) groups excluding carboxylic acids is 1. The monoisotopic (exact) mass is 424 g/mol. The molecule has 0 saturated heterocycles. The van der Waals surface area contributed by atoms with Gasteiger partial charge in [0.2, 0.25) is 5.91 Å². The Morgan fingerprint density at radius 2 is 1.90 bits per heavy atom. The minimum Gasteiger partial charge on any atom is -0.493 e. The van der Waals surface area contributed by atoms with Crippen LogP contribution in [-0.2, 0) is 17.8 Å². The highest BCUT2D eigenvalue weighted by molar-refractivity contribution is 6.30. The summed E-state index contributed by atoms with van der Waals surface area (Å²) in [6.45, 7) is 5.79. The highest BCUT2D eigenvalue weighted by atomic mass is 35.5. The molecule has 1 aliphatic heterocycles. The van der Waals surface area contributed by atoms with E-state index in [1.807, 2.05) is 61.2 Å². The standard InChI is InChI=1S/C24H25ClN2O3/c1-16-5-3-6-17(2)23(16)29-14-4-7-22(28)27-13-12-21-20(15-27)24(30-26-21)18-8-10-19(25)11-9-18/h3,5-6,8-11H,4,7,12-15H2,1-2H3. The van der Waals surface area contributed by atoms with Crippen molar-refractivity contribution in [3.05, 3.63) is 69.9 Å². The van der Waals surface area contributed by atoms with Gasteiger partial charge in [-0.3, -0.25) is 4.79 Å². The van der Waals surface area contributed by atoms with Crippen LogP contribution in [0, 0.1) is 13.8 Å². The van der Waals surface area contributed by atoms with Gasteiger partial charge in [0, 0.05) is 35.5 Å². The van der Waals surface area contributed by atoms with Gasteiger partial charge in [0.15, 0.2) is 5.76 Å².